The van der Waals surface area contributed by atoms with Crippen molar-refractivity contribution in [2.24, 2.45) is 0 Å². The second kappa shape index (κ2) is 6.75. The molecule has 0 fully saturated rings. The molecule has 5 heteroatoms. The van der Waals surface area contributed by atoms with E-state index in [1.165, 1.54) is 12.1 Å². The van der Waals surface area contributed by atoms with Crippen molar-refractivity contribution in [1.29, 1.82) is 0 Å². The van der Waals surface area contributed by atoms with Gasteiger partial charge < -0.3 is 20.3 Å². The quantitative estimate of drug-likeness (QED) is 0.559. The van der Waals surface area contributed by atoms with Crippen LogP contribution in [0.4, 0.5) is 5.69 Å². The molecule has 3 N–H and O–H groups in total. The lowest BCUT2D eigenvalue weighted by Crippen LogP contribution is -2.05. The first kappa shape index (κ1) is 13.3. The highest BCUT2D eigenvalue weighted by Gasteiger charge is 2.08. The molecule has 0 atom stereocenters. The van der Waals surface area contributed by atoms with E-state index in [0.717, 1.165) is 6.42 Å². The van der Waals surface area contributed by atoms with Crippen molar-refractivity contribution in [3.05, 3.63) is 23.8 Å². The average molecular weight is 239 g/mol. The summed E-state index contributed by atoms with van der Waals surface area (Å²) in [4.78, 5) is 10.8. The van der Waals surface area contributed by atoms with E-state index in [0.29, 0.717) is 25.6 Å². The minimum atomic E-state index is -1.05. The molecule has 1 rings (SSSR count). The van der Waals surface area contributed by atoms with Crippen LogP contribution in [0.5, 0.6) is 5.75 Å². The molecule has 0 aliphatic rings. The summed E-state index contributed by atoms with van der Waals surface area (Å²) >= 11 is 0. The molecule has 17 heavy (non-hydrogen) atoms. The molecule has 0 saturated carbocycles. The van der Waals surface area contributed by atoms with Crippen molar-refractivity contribution in [3.8, 4) is 5.75 Å². The van der Waals surface area contributed by atoms with Gasteiger partial charge in [0, 0.05) is 25.3 Å². The molecule has 1 aromatic carbocycles. The third kappa shape index (κ3) is 4.32. The second-order valence-electron chi connectivity index (χ2n) is 3.45. The Bertz CT molecular complexity index is 379. The van der Waals surface area contributed by atoms with Crippen LogP contribution in [-0.4, -0.2) is 30.9 Å². The summed E-state index contributed by atoms with van der Waals surface area (Å²) < 4.78 is 10.6. The first-order chi connectivity index (χ1) is 8.15. The Morgan fingerprint density at radius 1 is 1.41 bits per heavy atom. The van der Waals surface area contributed by atoms with Crippen LogP contribution >= 0.6 is 0 Å². The smallest absolute Gasteiger partial charge is 0.337 e. The predicted octanol–water partition coefficient (Wildman–Crippen LogP) is 1.77. The molecule has 0 amide bonds. The minimum Gasteiger partial charge on any atom is -0.493 e. The normalized spacial score (nSPS) is 10.2. The van der Waals surface area contributed by atoms with Gasteiger partial charge in [0.05, 0.1) is 12.2 Å². The van der Waals surface area contributed by atoms with Crippen LogP contribution in [0.3, 0.4) is 0 Å². The van der Waals surface area contributed by atoms with Gasteiger partial charge >= 0.3 is 5.97 Å². The molecular formula is C12H17NO4. The fourth-order valence-corrected chi connectivity index (χ4v) is 1.31. The standard InChI is InChI=1S/C12H17NO4/c1-2-16-6-3-7-17-9-4-5-11(13)10(8-9)12(14)15/h4-5,8H,2-3,6-7,13H2,1H3,(H,14,15). The molecule has 0 aromatic heterocycles. The molecule has 0 radical (unpaired) electrons. The van der Waals surface area contributed by atoms with Crippen LogP contribution in [-0.2, 0) is 4.74 Å². The topological polar surface area (TPSA) is 81.8 Å². The Morgan fingerprint density at radius 2 is 2.18 bits per heavy atom. The van der Waals surface area contributed by atoms with Gasteiger partial charge in [-0.05, 0) is 25.1 Å². The number of nitrogens with two attached hydrogens (primary N) is 1. The van der Waals surface area contributed by atoms with E-state index in [1.54, 1.807) is 6.07 Å². The molecule has 0 spiro atoms. The summed E-state index contributed by atoms with van der Waals surface area (Å²) in [6.45, 7) is 3.74. The van der Waals surface area contributed by atoms with E-state index in [4.69, 9.17) is 20.3 Å². The Labute approximate surface area is 100 Å². The van der Waals surface area contributed by atoms with Crippen LogP contribution in [0.1, 0.15) is 23.7 Å². The highest BCUT2D eigenvalue weighted by atomic mass is 16.5. The van der Waals surface area contributed by atoms with Crippen LogP contribution in [0.15, 0.2) is 18.2 Å². The third-order valence-electron chi connectivity index (χ3n) is 2.16. The highest BCUT2D eigenvalue weighted by molar-refractivity contribution is 5.94. The van der Waals surface area contributed by atoms with Crippen molar-refractivity contribution in [3.63, 3.8) is 0 Å². The molecule has 1 aromatic rings. The minimum absolute atomic E-state index is 0.0623. The lowest BCUT2D eigenvalue weighted by Gasteiger charge is -2.08. The SMILES string of the molecule is CCOCCCOc1ccc(N)c(C(=O)O)c1. The number of carboxylic acids is 1. The van der Waals surface area contributed by atoms with E-state index in [-0.39, 0.29) is 11.3 Å². The van der Waals surface area contributed by atoms with Crippen molar-refractivity contribution in [2.75, 3.05) is 25.6 Å². The summed E-state index contributed by atoms with van der Waals surface area (Å²) in [5.41, 5.74) is 5.83. The van der Waals surface area contributed by atoms with Gasteiger partial charge in [-0.3, -0.25) is 0 Å². The number of benzene rings is 1. The number of hydrogen-bond acceptors (Lipinski definition) is 4. The Kier molecular flexibility index (Phi) is 5.29. The number of carbonyl (C=O) groups is 1. The summed E-state index contributed by atoms with van der Waals surface area (Å²) in [6.07, 6.45) is 0.765. The molecule has 0 aliphatic carbocycles. The van der Waals surface area contributed by atoms with Crippen LogP contribution in [0.25, 0.3) is 0 Å². The molecule has 0 saturated heterocycles. The molecule has 0 heterocycles. The number of carboxylic acid groups (broad SMARTS) is 1. The largest absolute Gasteiger partial charge is 0.493 e. The zero-order valence-electron chi connectivity index (χ0n) is 9.81. The van der Waals surface area contributed by atoms with E-state index >= 15 is 0 Å². The lowest BCUT2D eigenvalue weighted by molar-refractivity contribution is 0.0697. The average Bonchev–Trinajstić information content (AvgIpc) is 2.30. The number of nitrogen functional groups attached to an aromatic ring is 1. The number of anilines is 1. The maximum atomic E-state index is 10.8. The predicted molar refractivity (Wildman–Crippen MR) is 64.4 cm³/mol. The summed E-state index contributed by atoms with van der Waals surface area (Å²) in [6, 6.07) is 4.61. The van der Waals surface area contributed by atoms with Gasteiger partial charge in [-0.15, -0.1) is 0 Å². The Morgan fingerprint density at radius 3 is 2.82 bits per heavy atom. The molecule has 0 bridgehead atoms. The first-order valence-corrected chi connectivity index (χ1v) is 5.48. The second-order valence-corrected chi connectivity index (χ2v) is 3.45. The van der Waals surface area contributed by atoms with Gasteiger partial charge in [0.25, 0.3) is 0 Å². The maximum absolute atomic E-state index is 10.8. The van der Waals surface area contributed by atoms with E-state index in [1.807, 2.05) is 6.92 Å². The van der Waals surface area contributed by atoms with Crippen LogP contribution in [0, 0.1) is 0 Å². The van der Waals surface area contributed by atoms with Crippen molar-refractivity contribution >= 4 is 11.7 Å². The van der Waals surface area contributed by atoms with Gasteiger partial charge in [0.2, 0.25) is 0 Å². The van der Waals surface area contributed by atoms with E-state index < -0.39 is 5.97 Å². The maximum Gasteiger partial charge on any atom is 0.337 e. The monoisotopic (exact) mass is 239 g/mol. The molecule has 5 nitrogen and oxygen atoms in total. The summed E-state index contributed by atoms with van der Waals surface area (Å²) in [5, 5.41) is 8.88. The summed E-state index contributed by atoms with van der Waals surface area (Å²) in [7, 11) is 0. The van der Waals surface area contributed by atoms with Gasteiger partial charge in [-0.2, -0.15) is 0 Å². The fourth-order valence-electron chi connectivity index (χ4n) is 1.31. The number of aromatic carboxylic acids is 1. The van der Waals surface area contributed by atoms with Gasteiger partial charge in [-0.1, -0.05) is 0 Å². The number of hydrogen-bond donors (Lipinski definition) is 2. The van der Waals surface area contributed by atoms with E-state index in [9.17, 15) is 4.79 Å². The lowest BCUT2D eigenvalue weighted by atomic mass is 10.2. The van der Waals surface area contributed by atoms with Gasteiger partial charge in [0.1, 0.15) is 5.75 Å². The Balaban J connectivity index is 2.49. The number of rotatable bonds is 7. The zero-order valence-corrected chi connectivity index (χ0v) is 9.81. The molecule has 94 valence electrons. The molecule has 0 aliphatic heterocycles. The summed E-state index contributed by atoms with van der Waals surface area (Å²) in [5.74, 6) is -0.546. The molecular weight excluding hydrogens is 222 g/mol. The van der Waals surface area contributed by atoms with Crippen molar-refractivity contribution in [1.82, 2.24) is 0 Å². The van der Waals surface area contributed by atoms with Crippen LogP contribution < -0.4 is 10.5 Å². The zero-order chi connectivity index (χ0) is 12.7. The fraction of sp³-hybridized carbons (Fsp3) is 0.417. The first-order valence-electron chi connectivity index (χ1n) is 5.48. The van der Waals surface area contributed by atoms with Crippen molar-refractivity contribution in [2.45, 2.75) is 13.3 Å². The highest BCUT2D eigenvalue weighted by Crippen LogP contribution is 2.19. The van der Waals surface area contributed by atoms with Crippen LogP contribution in [0.2, 0.25) is 0 Å². The molecule has 0 unspecified atom stereocenters. The van der Waals surface area contributed by atoms with Gasteiger partial charge in [0.15, 0.2) is 0 Å². The van der Waals surface area contributed by atoms with Gasteiger partial charge in [-0.25, -0.2) is 4.79 Å². The van der Waals surface area contributed by atoms with E-state index in [2.05, 4.69) is 0 Å². The Hall–Kier alpha value is -1.75. The third-order valence-corrected chi connectivity index (χ3v) is 2.16. The van der Waals surface area contributed by atoms with Crippen molar-refractivity contribution < 1.29 is 19.4 Å². The number of ether oxygens (including phenoxy) is 2.